The molecule has 0 radical (unpaired) electrons. The molecular weight excluding hydrogens is 366 g/mol. The van der Waals surface area contributed by atoms with Gasteiger partial charge >= 0.3 is 0 Å². The molecule has 0 aliphatic rings. The highest BCUT2D eigenvalue weighted by molar-refractivity contribution is 7.86. The summed E-state index contributed by atoms with van der Waals surface area (Å²) >= 11 is 0. The largest absolute Gasteiger partial charge is 0.395 e. The Morgan fingerprint density at radius 1 is 0.667 bits per heavy atom. The first-order chi connectivity index (χ1) is 13.1. The van der Waals surface area contributed by atoms with E-state index in [1.54, 1.807) is 0 Å². The maximum Gasteiger partial charge on any atom is 0.283 e. The van der Waals surface area contributed by atoms with Gasteiger partial charge in [-0.1, -0.05) is 90.4 Å². The fourth-order valence-corrected chi connectivity index (χ4v) is 4.18. The molecule has 0 unspecified atom stereocenters. The van der Waals surface area contributed by atoms with Crippen LogP contribution in [0, 0.1) is 0 Å². The van der Waals surface area contributed by atoms with E-state index in [1.807, 2.05) is 0 Å². The van der Waals surface area contributed by atoms with Crippen molar-refractivity contribution in [2.75, 3.05) is 32.1 Å². The van der Waals surface area contributed by atoms with Crippen molar-refractivity contribution in [3.63, 3.8) is 0 Å². The van der Waals surface area contributed by atoms with E-state index in [0.29, 0.717) is 6.42 Å². The van der Waals surface area contributed by atoms with Crippen LogP contribution in [0.3, 0.4) is 0 Å². The molecule has 0 aromatic carbocycles. The molecule has 0 saturated heterocycles. The zero-order valence-corrected chi connectivity index (χ0v) is 18.2. The monoisotopic (exact) mass is 409 g/mol. The molecule has 2 N–H and O–H groups in total. The van der Waals surface area contributed by atoms with E-state index < -0.39 is 10.1 Å². The SMILES string of the molecule is CCCCCCCCCCCCCCCCS(=O)(=O)ON(CCO)CCO. The highest BCUT2D eigenvalue weighted by Crippen LogP contribution is 2.13. The third-order valence-corrected chi connectivity index (χ3v) is 5.89. The van der Waals surface area contributed by atoms with Crippen molar-refractivity contribution >= 4 is 10.1 Å². The number of unbranched alkanes of at least 4 members (excludes halogenated alkanes) is 13. The van der Waals surface area contributed by atoms with Gasteiger partial charge in [0, 0.05) is 13.1 Å². The summed E-state index contributed by atoms with van der Waals surface area (Å²) in [7, 11) is -3.64. The maximum atomic E-state index is 11.9. The first kappa shape index (κ1) is 26.8. The highest BCUT2D eigenvalue weighted by Gasteiger charge is 2.16. The number of hydroxylamine groups is 2. The van der Waals surface area contributed by atoms with E-state index in [2.05, 4.69) is 6.92 Å². The minimum absolute atomic E-state index is 0.0155. The molecule has 0 heterocycles. The van der Waals surface area contributed by atoms with Gasteiger partial charge in [0.1, 0.15) is 0 Å². The van der Waals surface area contributed by atoms with Crippen molar-refractivity contribution in [3.05, 3.63) is 0 Å². The lowest BCUT2D eigenvalue weighted by Gasteiger charge is -2.18. The molecule has 0 aromatic rings. The summed E-state index contributed by atoms with van der Waals surface area (Å²) in [5.74, 6) is -0.0155. The summed E-state index contributed by atoms with van der Waals surface area (Å²) in [5.41, 5.74) is 0. The van der Waals surface area contributed by atoms with Crippen LogP contribution in [0.5, 0.6) is 0 Å². The molecule has 0 rings (SSSR count). The van der Waals surface area contributed by atoms with Crippen LogP contribution < -0.4 is 0 Å². The van der Waals surface area contributed by atoms with E-state index >= 15 is 0 Å². The fraction of sp³-hybridized carbons (Fsp3) is 1.00. The molecule has 7 heteroatoms. The van der Waals surface area contributed by atoms with Crippen LogP contribution in [0.1, 0.15) is 96.8 Å². The third kappa shape index (κ3) is 18.9. The number of rotatable bonds is 21. The highest BCUT2D eigenvalue weighted by atomic mass is 32.2. The lowest BCUT2D eigenvalue weighted by atomic mass is 10.0. The molecule has 27 heavy (non-hydrogen) atoms. The van der Waals surface area contributed by atoms with Crippen LogP contribution in [0.15, 0.2) is 0 Å². The zero-order chi connectivity index (χ0) is 20.2. The van der Waals surface area contributed by atoms with Crippen LogP contribution in [0.2, 0.25) is 0 Å². The Balaban J connectivity index is 3.49. The molecule has 0 aromatic heterocycles. The number of nitrogens with zero attached hydrogens (tertiary/aromatic N) is 1. The summed E-state index contributed by atoms with van der Waals surface area (Å²) in [6.45, 7) is 1.96. The van der Waals surface area contributed by atoms with Crippen LogP contribution in [0.4, 0.5) is 0 Å². The van der Waals surface area contributed by atoms with Gasteiger partial charge in [0.05, 0.1) is 19.0 Å². The van der Waals surface area contributed by atoms with Gasteiger partial charge in [-0.15, -0.1) is 0 Å². The van der Waals surface area contributed by atoms with Gasteiger partial charge < -0.3 is 10.2 Å². The van der Waals surface area contributed by atoms with E-state index in [-0.39, 0.29) is 32.1 Å². The first-order valence-corrected chi connectivity index (χ1v) is 12.5. The van der Waals surface area contributed by atoms with Gasteiger partial charge in [-0.3, -0.25) is 0 Å². The minimum Gasteiger partial charge on any atom is -0.395 e. The van der Waals surface area contributed by atoms with Crippen LogP contribution in [0.25, 0.3) is 0 Å². The predicted octanol–water partition coefficient (Wildman–Crippen LogP) is 4.02. The van der Waals surface area contributed by atoms with E-state index in [0.717, 1.165) is 17.9 Å². The van der Waals surface area contributed by atoms with Crippen molar-refractivity contribution < 1.29 is 22.9 Å². The van der Waals surface area contributed by atoms with Crippen LogP contribution >= 0.6 is 0 Å². The summed E-state index contributed by atoms with van der Waals surface area (Å²) in [6, 6.07) is 0. The Labute approximate surface area is 167 Å². The quantitative estimate of drug-likeness (QED) is 0.220. The second-order valence-corrected chi connectivity index (χ2v) is 8.98. The molecule has 164 valence electrons. The maximum absolute atomic E-state index is 11.9. The van der Waals surface area contributed by atoms with E-state index in [1.165, 1.54) is 70.6 Å². The van der Waals surface area contributed by atoms with Crippen LogP contribution in [-0.4, -0.2) is 55.8 Å². The average molecular weight is 410 g/mol. The summed E-state index contributed by atoms with van der Waals surface area (Å²) in [5, 5.41) is 18.8. The molecule has 0 spiro atoms. The molecule has 0 aliphatic heterocycles. The predicted molar refractivity (Wildman–Crippen MR) is 111 cm³/mol. The van der Waals surface area contributed by atoms with Gasteiger partial charge in [-0.05, 0) is 6.42 Å². The van der Waals surface area contributed by atoms with Gasteiger partial charge in [0.2, 0.25) is 0 Å². The number of aliphatic hydroxyl groups excluding tert-OH is 2. The molecule has 0 bridgehead atoms. The molecule has 0 amide bonds. The minimum atomic E-state index is -3.64. The molecule has 0 fully saturated rings. The topological polar surface area (TPSA) is 87.1 Å². The number of hydrogen-bond acceptors (Lipinski definition) is 6. The summed E-state index contributed by atoms with van der Waals surface area (Å²) in [6.07, 6.45) is 17.1. The second-order valence-electron chi connectivity index (χ2n) is 7.31. The Bertz CT molecular complexity index is 397. The molecular formula is C20H43NO5S. The summed E-state index contributed by atoms with van der Waals surface area (Å²) in [4.78, 5) is 0. The molecule has 0 atom stereocenters. The Morgan fingerprint density at radius 2 is 1.04 bits per heavy atom. The molecule has 6 nitrogen and oxygen atoms in total. The zero-order valence-electron chi connectivity index (χ0n) is 17.4. The van der Waals surface area contributed by atoms with Crippen molar-refractivity contribution in [1.29, 1.82) is 0 Å². The van der Waals surface area contributed by atoms with Crippen molar-refractivity contribution in [2.45, 2.75) is 96.8 Å². The van der Waals surface area contributed by atoms with Gasteiger partial charge in [-0.2, -0.15) is 17.8 Å². The Morgan fingerprint density at radius 3 is 1.41 bits per heavy atom. The van der Waals surface area contributed by atoms with Crippen LogP contribution in [-0.2, 0) is 14.4 Å². The van der Waals surface area contributed by atoms with E-state index in [9.17, 15) is 8.42 Å². The third-order valence-electron chi connectivity index (χ3n) is 4.67. The molecule has 0 aliphatic carbocycles. The Kier molecular flexibility index (Phi) is 19.0. The van der Waals surface area contributed by atoms with Crippen molar-refractivity contribution in [1.82, 2.24) is 5.06 Å². The normalized spacial score (nSPS) is 12.1. The summed E-state index contributed by atoms with van der Waals surface area (Å²) < 4.78 is 28.7. The van der Waals surface area contributed by atoms with Crippen molar-refractivity contribution in [2.24, 2.45) is 0 Å². The molecule has 0 saturated carbocycles. The van der Waals surface area contributed by atoms with Crippen molar-refractivity contribution in [3.8, 4) is 0 Å². The Hall–Kier alpha value is -0.210. The van der Waals surface area contributed by atoms with E-state index in [4.69, 9.17) is 14.5 Å². The smallest absolute Gasteiger partial charge is 0.283 e. The number of hydrogen-bond donors (Lipinski definition) is 2. The van der Waals surface area contributed by atoms with Gasteiger partial charge in [-0.25, -0.2) is 0 Å². The average Bonchev–Trinajstić information content (AvgIpc) is 2.62. The lowest BCUT2D eigenvalue weighted by molar-refractivity contribution is -0.0695. The standard InChI is InChI=1S/C20H43NO5S/c1-2-3-4-5-6-7-8-9-10-11-12-13-14-15-20-27(24,25)26-21(16-18-22)17-19-23/h22-23H,2-20H2,1H3. The van der Waals surface area contributed by atoms with Gasteiger partial charge in [0.25, 0.3) is 10.1 Å². The number of aliphatic hydroxyl groups is 2. The fourth-order valence-electron chi connectivity index (χ4n) is 3.08. The first-order valence-electron chi connectivity index (χ1n) is 10.9. The second kappa shape index (κ2) is 19.1. The van der Waals surface area contributed by atoms with Gasteiger partial charge in [0.15, 0.2) is 0 Å². The lowest BCUT2D eigenvalue weighted by Crippen LogP contribution is -2.33.